The van der Waals surface area contributed by atoms with Gasteiger partial charge in [-0.25, -0.2) is 0 Å². The molecule has 0 aliphatic carbocycles. The van der Waals surface area contributed by atoms with Crippen molar-refractivity contribution in [2.75, 3.05) is 11.9 Å². The average Bonchev–Trinajstić information content (AvgIpc) is 2.18. The first-order chi connectivity index (χ1) is 7.15. The molecule has 0 aromatic heterocycles. The van der Waals surface area contributed by atoms with Crippen molar-refractivity contribution < 1.29 is 9.66 Å². The number of aryl methyl sites for hydroxylation is 1. The number of benzene rings is 1. The summed E-state index contributed by atoms with van der Waals surface area (Å²) >= 11 is 3.27. The molecule has 0 spiro atoms. The number of halogens is 1. The highest BCUT2D eigenvalue weighted by molar-refractivity contribution is 9.09. The molecule has 0 radical (unpaired) electrons. The second-order valence-corrected chi connectivity index (χ2v) is 3.91. The molecule has 0 aliphatic rings. The van der Waals surface area contributed by atoms with Crippen molar-refractivity contribution in [3.63, 3.8) is 0 Å². The van der Waals surface area contributed by atoms with Gasteiger partial charge in [0, 0.05) is 11.4 Å². The van der Waals surface area contributed by atoms with E-state index in [1.165, 1.54) is 6.07 Å². The van der Waals surface area contributed by atoms with Crippen molar-refractivity contribution in [2.24, 2.45) is 0 Å². The van der Waals surface area contributed by atoms with Gasteiger partial charge in [-0.2, -0.15) is 0 Å². The van der Waals surface area contributed by atoms with Crippen LogP contribution in [0.2, 0.25) is 0 Å². The van der Waals surface area contributed by atoms with E-state index in [2.05, 4.69) is 15.9 Å². The van der Waals surface area contributed by atoms with Gasteiger partial charge in [0.25, 0.3) is 0 Å². The Labute approximate surface area is 96.5 Å². The Bertz CT molecular complexity index is 355. The molecule has 0 saturated carbocycles. The molecule has 5 heteroatoms. The molecule has 0 fully saturated rings. The lowest BCUT2D eigenvalue weighted by molar-refractivity contribution is -0.385. The highest BCUT2D eigenvalue weighted by Crippen LogP contribution is 2.27. The van der Waals surface area contributed by atoms with Gasteiger partial charge in [-0.15, -0.1) is 0 Å². The highest BCUT2D eigenvalue weighted by atomic mass is 79.9. The van der Waals surface area contributed by atoms with Crippen molar-refractivity contribution in [3.05, 3.63) is 33.9 Å². The van der Waals surface area contributed by atoms with Gasteiger partial charge >= 0.3 is 5.69 Å². The average molecular weight is 274 g/mol. The van der Waals surface area contributed by atoms with Gasteiger partial charge in [0.15, 0.2) is 5.75 Å². The molecule has 1 rings (SSSR count). The lowest BCUT2D eigenvalue weighted by Crippen LogP contribution is -2.01. The van der Waals surface area contributed by atoms with Crippen molar-refractivity contribution >= 4 is 21.6 Å². The molecule has 1 aromatic rings. The normalized spacial score (nSPS) is 10.0. The van der Waals surface area contributed by atoms with Crippen LogP contribution >= 0.6 is 15.9 Å². The Morgan fingerprint density at radius 1 is 1.53 bits per heavy atom. The van der Waals surface area contributed by atoms with Crippen LogP contribution in [-0.4, -0.2) is 16.9 Å². The van der Waals surface area contributed by atoms with Crippen molar-refractivity contribution in [2.45, 2.75) is 13.3 Å². The Balaban J connectivity index is 2.82. The maximum Gasteiger partial charge on any atom is 0.310 e. The molecule has 0 N–H and O–H groups in total. The fourth-order valence-electron chi connectivity index (χ4n) is 1.12. The molecule has 0 amide bonds. The summed E-state index contributed by atoms with van der Waals surface area (Å²) in [5.41, 5.74) is 0.976. The Morgan fingerprint density at radius 3 is 2.87 bits per heavy atom. The van der Waals surface area contributed by atoms with Crippen molar-refractivity contribution in [1.82, 2.24) is 0 Å². The van der Waals surface area contributed by atoms with Gasteiger partial charge < -0.3 is 4.74 Å². The van der Waals surface area contributed by atoms with Crippen molar-refractivity contribution in [1.29, 1.82) is 0 Å². The zero-order chi connectivity index (χ0) is 11.3. The molecule has 82 valence electrons. The number of rotatable bonds is 5. The van der Waals surface area contributed by atoms with Gasteiger partial charge in [0.1, 0.15) is 0 Å². The minimum atomic E-state index is -0.428. The van der Waals surface area contributed by atoms with Gasteiger partial charge in [0.2, 0.25) is 0 Å². The third kappa shape index (κ3) is 3.51. The molecule has 0 unspecified atom stereocenters. The topological polar surface area (TPSA) is 52.4 Å². The van der Waals surface area contributed by atoms with Crippen LogP contribution in [-0.2, 0) is 0 Å². The zero-order valence-corrected chi connectivity index (χ0v) is 9.99. The third-order valence-corrected chi connectivity index (χ3v) is 2.41. The first-order valence-electron chi connectivity index (χ1n) is 4.59. The van der Waals surface area contributed by atoms with E-state index in [1.807, 2.05) is 6.92 Å². The Morgan fingerprint density at radius 2 is 2.27 bits per heavy atom. The van der Waals surface area contributed by atoms with Crippen LogP contribution in [0.5, 0.6) is 5.75 Å². The number of nitrogens with zero attached hydrogens (tertiary/aromatic N) is 1. The summed E-state index contributed by atoms with van der Waals surface area (Å²) in [6, 6.07) is 4.86. The quantitative estimate of drug-likeness (QED) is 0.359. The lowest BCUT2D eigenvalue weighted by Gasteiger charge is -2.06. The van der Waals surface area contributed by atoms with Crippen LogP contribution in [0.25, 0.3) is 0 Å². The molecule has 0 bridgehead atoms. The maximum atomic E-state index is 10.7. The van der Waals surface area contributed by atoms with E-state index in [0.717, 1.165) is 17.3 Å². The number of hydrogen-bond donors (Lipinski definition) is 0. The molecular weight excluding hydrogens is 262 g/mol. The van der Waals surface area contributed by atoms with E-state index >= 15 is 0 Å². The molecule has 4 nitrogen and oxygen atoms in total. The highest BCUT2D eigenvalue weighted by Gasteiger charge is 2.14. The summed E-state index contributed by atoms with van der Waals surface area (Å²) in [5, 5.41) is 11.5. The van der Waals surface area contributed by atoms with Crippen LogP contribution in [0, 0.1) is 17.0 Å². The van der Waals surface area contributed by atoms with Crippen LogP contribution in [0.15, 0.2) is 18.2 Å². The third-order valence-electron chi connectivity index (χ3n) is 1.85. The Kier molecular flexibility index (Phi) is 4.55. The second kappa shape index (κ2) is 5.70. The number of hydrogen-bond acceptors (Lipinski definition) is 3. The number of ether oxygens (including phenoxy) is 1. The van der Waals surface area contributed by atoms with E-state index < -0.39 is 4.92 Å². The zero-order valence-electron chi connectivity index (χ0n) is 8.40. The molecule has 0 heterocycles. The molecule has 0 saturated heterocycles. The lowest BCUT2D eigenvalue weighted by atomic mass is 10.2. The summed E-state index contributed by atoms with van der Waals surface area (Å²) in [5.74, 6) is 0.348. The van der Waals surface area contributed by atoms with Crippen LogP contribution in [0.3, 0.4) is 0 Å². The van der Waals surface area contributed by atoms with Gasteiger partial charge in [0.05, 0.1) is 11.5 Å². The van der Waals surface area contributed by atoms with Gasteiger partial charge in [-0.1, -0.05) is 22.0 Å². The second-order valence-electron chi connectivity index (χ2n) is 3.12. The van der Waals surface area contributed by atoms with Crippen LogP contribution in [0.4, 0.5) is 5.69 Å². The van der Waals surface area contributed by atoms with Crippen LogP contribution < -0.4 is 4.74 Å². The summed E-state index contributed by atoms with van der Waals surface area (Å²) in [4.78, 5) is 10.3. The molecule has 1 aromatic carbocycles. The Hall–Kier alpha value is -1.10. The van der Waals surface area contributed by atoms with Gasteiger partial charge in [-0.05, 0) is 25.0 Å². The number of alkyl halides is 1. The summed E-state index contributed by atoms with van der Waals surface area (Å²) in [7, 11) is 0. The summed E-state index contributed by atoms with van der Waals surface area (Å²) in [6.45, 7) is 2.36. The smallest absolute Gasteiger partial charge is 0.310 e. The van der Waals surface area contributed by atoms with E-state index in [1.54, 1.807) is 12.1 Å². The van der Waals surface area contributed by atoms with E-state index in [9.17, 15) is 10.1 Å². The summed E-state index contributed by atoms with van der Waals surface area (Å²) < 4.78 is 5.35. The monoisotopic (exact) mass is 273 g/mol. The summed E-state index contributed by atoms with van der Waals surface area (Å²) in [6.07, 6.45) is 0.825. The molecule has 0 atom stereocenters. The first kappa shape index (κ1) is 12.0. The minimum Gasteiger partial charge on any atom is -0.487 e. The van der Waals surface area contributed by atoms with E-state index in [4.69, 9.17) is 4.74 Å². The number of nitro groups is 1. The van der Waals surface area contributed by atoms with E-state index in [-0.39, 0.29) is 5.69 Å². The van der Waals surface area contributed by atoms with Crippen LogP contribution in [0.1, 0.15) is 12.0 Å². The first-order valence-corrected chi connectivity index (χ1v) is 5.71. The fraction of sp³-hybridized carbons (Fsp3) is 0.400. The van der Waals surface area contributed by atoms with E-state index in [0.29, 0.717) is 12.4 Å². The fourth-order valence-corrected chi connectivity index (χ4v) is 1.35. The minimum absolute atomic E-state index is 0.0233. The number of nitro benzene ring substituents is 1. The standard InChI is InChI=1S/C10H12BrNO3/c1-8-3-4-9(12(13)14)10(7-8)15-6-2-5-11/h3-4,7H,2,5-6H2,1H3. The van der Waals surface area contributed by atoms with Crippen molar-refractivity contribution in [3.8, 4) is 5.75 Å². The predicted molar refractivity (Wildman–Crippen MR) is 61.7 cm³/mol. The maximum absolute atomic E-state index is 10.7. The molecule has 0 aliphatic heterocycles. The van der Waals surface area contributed by atoms with Gasteiger partial charge in [-0.3, -0.25) is 10.1 Å². The SMILES string of the molecule is Cc1ccc([N+](=O)[O-])c(OCCCBr)c1. The predicted octanol–water partition coefficient (Wildman–Crippen LogP) is 3.07. The largest absolute Gasteiger partial charge is 0.487 e. The molecular formula is C10H12BrNO3. The molecule has 15 heavy (non-hydrogen) atoms.